The first kappa shape index (κ1) is 23.6. The highest BCUT2D eigenvalue weighted by molar-refractivity contribution is 14.0. The summed E-state index contributed by atoms with van der Waals surface area (Å²) in [5.74, 6) is 0.781. The van der Waals surface area contributed by atoms with Gasteiger partial charge in [0.05, 0.1) is 4.90 Å². The number of benzene rings is 2. The van der Waals surface area contributed by atoms with Crippen molar-refractivity contribution >= 4 is 40.0 Å². The Bertz CT molecular complexity index is 911. The highest BCUT2D eigenvalue weighted by atomic mass is 127. The van der Waals surface area contributed by atoms with Gasteiger partial charge in [0.1, 0.15) is 0 Å². The molecule has 1 fully saturated rings. The summed E-state index contributed by atoms with van der Waals surface area (Å²) in [6.07, 6.45) is 4.40. The van der Waals surface area contributed by atoms with Crippen molar-refractivity contribution in [1.29, 1.82) is 0 Å². The third-order valence-electron chi connectivity index (χ3n) is 5.47. The van der Waals surface area contributed by atoms with Crippen LogP contribution in [-0.2, 0) is 21.9 Å². The summed E-state index contributed by atoms with van der Waals surface area (Å²) in [4.78, 5) is 4.45. The van der Waals surface area contributed by atoms with Gasteiger partial charge in [-0.25, -0.2) is 13.6 Å². The van der Waals surface area contributed by atoms with Crippen LogP contribution < -0.4 is 15.8 Å². The Morgan fingerprint density at radius 3 is 2.24 bits per heavy atom. The molecule has 1 aliphatic carbocycles. The second kappa shape index (κ2) is 10.4. The number of rotatable bonds is 7. The van der Waals surface area contributed by atoms with Crippen molar-refractivity contribution in [3.05, 3.63) is 65.7 Å². The van der Waals surface area contributed by atoms with E-state index in [1.165, 1.54) is 37.0 Å². The van der Waals surface area contributed by atoms with E-state index in [-0.39, 0.29) is 34.3 Å². The lowest BCUT2D eigenvalue weighted by atomic mass is 9.64. The number of guanidine groups is 1. The van der Waals surface area contributed by atoms with Gasteiger partial charge in [-0.15, -0.1) is 24.0 Å². The number of hydrogen-bond acceptors (Lipinski definition) is 3. The quantitative estimate of drug-likeness (QED) is 0.293. The molecular weight excluding hydrogens is 499 g/mol. The van der Waals surface area contributed by atoms with E-state index in [0.717, 1.165) is 24.5 Å². The van der Waals surface area contributed by atoms with E-state index in [4.69, 9.17) is 5.14 Å². The van der Waals surface area contributed by atoms with Gasteiger partial charge >= 0.3 is 0 Å². The number of nitrogens with zero attached hydrogens (tertiary/aromatic N) is 1. The first-order valence-corrected chi connectivity index (χ1v) is 11.1. The third-order valence-corrected chi connectivity index (χ3v) is 6.40. The monoisotopic (exact) mass is 528 g/mol. The van der Waals surface area contributed by atoms with Crippen molar-refractivity contribution in [1.82, 2.24) is 10.6 Å². The molecule has 1 saturated carbocycles. The molecule has 3 rings (SSSR count). The van der Waals surface area contributed by atoms with Crippen molar-refractivity contribution in [2.24, 2.45) is 10.1 Å². The van der Waals surface area contributed by atoms with E-state index < -0.39 is 10.0 Å². The summed E-state index contributed by atoms with van der Waals surface area (Å²) >= 11 is 0. The zero-order valence-electron chi connectivity index (χ0n) is 16.6. The average molecular weight is 528 g/mol. The Kier molecular flexibility index (Phi) is 8.47. The summed E-state index contributed by atoms with van der Waals surface area (Å²) in [5.41, 5.74) is 2.62. The molecule has 0 unspecified atom stereocenters. The standard InChI is InChI=1S/C21H28N4O2S.HI/c1-23-20(24-15-12-17-8-10-19(11-9-17)28(22,26)27)25-16-21(13-5-14-21)18-6-3-2-4-7-18;/h2-4,6-11H,5,12-16H2,1H3,(H2,22,26,27)(H2,23,24,25);1H. The summed E-state index contributed by atoms with van der Waals surface area (Å²) in [7, 11) is -1.87. The van der Waals surface area contributed by atoms with Crippen LogP contribution in [0.1, 0.15) is 30.4 Å². The molecule has 29 heavy (non-hydrogen) atoms. The van der Waals surface area contributed by atoms with E-state index in [2.05, 4.69) is 46.0 Å². The van der Waals surface area contributed by atoms with Crippen LogP contribution in [0, 0.1) is 0 Å². The van der Waals surface area contributed by atoms with Gasteiger partial charge in [0, 0.05) is 25.6 Å². The Hall–Kier alpha value is -1.65. The minimum absolute atomic E-state index is 0. The van der Waals surface area contributed by atoms with Gasteiger partial charge in [-0.05, 0) is 42.5 Å². The summed E-state index contributed by atoms with van der Waals surface area (Å²) < 4.78 is 22.6. The zero-order valence-corrected chi connectivity index (χ0v) is 19.7. The van der Waals surface area contributed by atoms with Gasteiger partial charge in [-0.2, -0.15) is 0 Å². The molecule has 4 N–H and O–H groups in total. The molecule has 0 saturated heterocycles. The molecule has 0 bridgehead atoms. The van der Waals surface area contributed by atoms with Gasteiger partial charge in [-0.1, -0.05) is 48.9 Å². The van der Waals surface area contributed by atoms with Crippen LogP contribution in [0.2, 0.25) is 0 Å². The van der Waals surface area contributed by atoms with Crippen molar-refractivity contribution in [3.8, 4) is 0 Å². The van der Waals surface area contributed by atoms with E-state index in [9.17, 15) is 8.42 Å². The van der Waals surface area contributed by atoms with Crippen LogP contribution in [0.15, 0.2) is 64.5 Å². The first-order valence-electron chi connectivity index (χ1n) is 9.55. The number of sulfonamides is 1. The van der Waals surface area contributed by atoms with Crippen LogP contribution in [0.25, 0.3) is 0 Å². The number of aliphatic imine (C=N–C) groups is 1. The highest BCUT2D eigenvalue weighted by Crippen LogP contribution is 2.43. The van der Waals surface area contributed by atoms with Gasteiger partial charge in [0.25, 0.3) is 0 Å². The second-order valence-electron chi connectivity index (χ2n) is 7.29. The lowest BCUT2D eigenvalue weighted by Crippen LogP contribution is -2.49. The molecule has 0 aliphatic heterocycles. The van der Waals surface area contributed by atoms with Gasteiger partial charge < -0.3 is 10.6 Å². The van der Waals surface area contributed by atoms with Crippen molar-refractivity contribution in [2.45, 2.75) is 36.0 Å². The number of nitrogens with two attached hydrogens (primary N) is 1. The fraction of sp³-hybridized carbons (Fsp3) is 0.381. The van der Waals surface area contributed by atoms with Crippen molar-refractivity contribution in [3.63, 3.8) is 0 Å². The minimum Gasteiger partial charge on any atom is -0.356 e. The predicted octanol–water partition coefficient (Wildman–Crippen LogP) is 2.78. The Labute approximate surface area is 190 Å². The largest absolute Gasteiger partial charge is 0.356 e. The molecule has 1 aliphatic rings. The average Bonchev–Trinajstić information content (AvgIpc) is 2.66. The molecule has 2 aromatic carbocycles. The molecule has 8 heteroatoms. The van der Waals surface area contributed by atoms with E-state index in [1.807, 2.05) is 0 Å². The van der Waals surface area contributed by atoms with Gasteiger partial charge in [-0.3, -0.25) is 4.99 Å². The molecule has 0 atom stereocenters. The van der Waals surface area contributed by atoms with E-state index >= 15 is 0 Å². The maximum absolute atomic E-state index is 11.3. The molecule has 0 aromatic heterocycles. The molecule has 6 nitrogen and oxygen atoms in total. The SMILES string of the molecule is CN=C(NCCc1ccc(S(N)(=O)=O)cc1)NCC1(c2ccccc2)CCC1.I. The molecule has 0 spiro atoms. The first-order chi connectivity index (χ1) is 13.4. The minimum atomic E-state index is -3.64. The number of primary sulfonamides is 1. The maximum Gasteiger partial charge on any atom is 0.238 e. The lowest BCUT2D eigenvalue weighted by molar-refractivity contribution is 0.244. The number of hydrogen-bond donors (Lipinski definition) is 3. The van der Waals surface area contributed by atoms with Crippen LogP contribution >= 0.6 is 24.0 Å². The lowest BCUT2D eigenvalue weighted by Gasteiger charge is -2.43. The number of nitrogens with one attached hydrogen (secondary N) is 2. The Balaban J connectivity index is 0.00000300. The summed E-state index contributed by atoms with van der Waals surface area (Å²) in [6.45, 7) is 1.56. The van der Waals surface area contributed by atoms with Crippen LogP contribution in [-0.4, -0.2) is 34.5 Å². The molecule has 158 valence electrons. The fourth-order valence-corrected chi connectivity index (χ4v) is 4.12. The predicted molar refractivity (Wildman–Crippen MR) is 128 cm³/mol. The number of halogens is 1. The van der Waals surface area contributed by atoms with E-state index in [0.29, 0.717) is 6.54 Å². The maximum atomic E-state index is 11.3. The van der Waals surface area contributed by atoms with Crippen LogP contribution in [0.3, 0.4) is 0 Å². The zero-order chi connectivity index (χ0) is 20.0. The van der Waals surface area contributed by atoms with E-state index in [1.54, 1.807) is 19.2 Å². The van der Waals surface area contributed by atoms with Crippen molar-refractivity contribution < 1.29 is 8.42 Å². The molecule has 2 aromatic rings. The fourth-order valence-electron chi connectivity index (χ4n) is 3.61. The summed E-state index contributed by atoms with van der Waals surface area (Å²) in [6, 6.07) is 17.3. The molecular formula is C21H29IN4O2S. The normalized spacial score (nSPS) is 15.7. The van der Waals surface area contributed by atoms with Gasteiger partial charge in [0.15, 0.2) is 5.96 Å². The third kappa shape index (κ3) is 6.16. The molecule has 0 amide bonds. The summed E-state index contributed by atoms with van der Waals surface area (Å²) in [5, 5.41) is 11.9. The smallest absolute Gasteiger partial charge is 0.238 e. The Morgan fingerprint density at radius 2 is 1.72 bits per heavy atom. The Morgan fingerprint density at radius 1 is 1.07 bits per heavy atom. The highest BCUT2D eigenvalue weighted by Gasteiger charge is 2.38. The molecule has 0 radical (unpaired) electrons. The van der Waals surface area contributed by atoms with Crippen LogP contribution in [0.4, 0.5) is 0 Å². The van der Waals surface area contributed by atoms with Crippen LogP contribution in [0.5, 0.6) is 0 Å². The molecule has 0 heterocycles. The van der Waals surface area contributed by atoms with Crippen molar-refractivity contribution in [2.75, 3.05) is 20.1 Å². The topological polar surface area (TPSA) is 96.6 Å². The second-order valence-corrected chi connectivity index (χ2v) is 8.85. The van der Waals surface area contributed by atoms with Gasteiger partial charge in [0.2, 0.25) is 10.0 Å².